The lowest BCUT2D eigenvalue weighted by molar-refractivity contribution is -0.386. The molecule has 0 fully saturated rings. The Bertz CT molecular complexity index is 940. The molecule has 10 heteroatoms. The number of benzene rings is 2. The molecule has 1 atom stereocenters. The van der Waals surface area contributed by atoms with Gasteiger partial charge in [0.1, 0.15) is 23.2 Å². The van der Waals surface area contributed by atoms with Gasteiger partial charge in [-0.2, -0.15) is 0 Å². The molecule has 0 amide bonds. The number of aliphatic hydroxyl groups excluding tert-OH is 1. The van der Waals surface area contributed by atoms with Crippen molar-refractivity contribution in [2.45, 2.75) is 13.5 Å². The van der Waals surface area contributed by atoms with Crippen LogP contribution in [0.3, 0.4) is 0 Å². The number of aromatic hydroxyl groups is 2. The molecule has 10 nitrogen and oxygen atoms in total. The van der Waals surface area contributed by atoms with E-state index in [-0.39, 0.29) is 41.4 Å². The third-order valence-electron chi connectivity index (χ3n) is 3.38. The lowest BCUT2D eigenvalue weighted by Gasteiger charge is -2.06. The highest BCUT2D eigenvalue weighted by atomic mass is 16.6. The number of nitro benzene ring substituents is 2. The Labute approximate surface area is 166 Å². The molecule has 0 spiro atoms. The van der Waals surface area contributed by atoms with Crippen LogP contribution in [0, 0.1) is 20.2 Å². The second-order valence-electron chi connectivity index (χ2n) is 5.21. The lowest BCUT2D eigenvalue weighted by atomic mass is 10.1. The minimum Gasteiger partial charge on any atom is -0.508 e. The summed E-state index contributed by atoms with van der Waals surface area (Å²) in [7, 11) is 0. The Kier molecular flexibility index (Phi) is 9.42. The number of ketones is 1. The maximum Gasteiger partial charge on any atom is 0.280 e. The fourth-order valence-corrected chi connectivity index (χ4v) is 2.06. The van der Waals surface area contributed by atoms with Gasteiger partial charge in [0.05, 0.1) is 15.4 Å². The zero-order valence-corrected chi connectivity index (χ0v) is 14.4. The number of hydrogen-bond acceptors (Lipinski definition) is 8. The van der Waals surface area contributed by atoms with Gasteiger partial charge in [-0.15, -0.1) is 6.58 Å². The maximum absolute atomic E-state index is 11.2. The maximum atomic E-state index is 11.2. The highest BCUT2D eigenvalue weighted by Crippen LogP contribution is 2.29. The van der Waals surface area contributed by atoms with E-state index in [0.29, 0.717) is 0 Å². The van der Waals surface area contributed by atoms with Crippen LogP contribution in [-0.4, -0.2) is 30.9 Å². The molecule has 0 radical (unpaired) electrons. The molecule has 1 unspecified atom stereocenters. The number of rotatable bonds is 6. The summed E-state index contributed by atoms with van der Waals surface area (Å²) in [4.78, 5) is 30.9. The van der Waals surface area contributed by atoms with Crippen LogP contribution in [0.4, 0.5) is 11.4 Å². The SMILES string of the molecule is C.C=CC(=O)c1cc(O)ccc1[N+](=O)[O-].C=CC(O)c1cc(O)ccc1[N+](=O)[O-]. The van der Waals surface area contributed by atoms with Crippen molar-refractivity contribution in [2.75, 3.05) is 0 Å². The smallest absolute Gasteiger partial charge is 0.280 e. The fourth-order valence-electron chi connectivity index (χ4n) is 2.06. The summed E-state index contributed by atoms with van der Waals surface area (Å²) in [5, 5.41) is 48.5. The minimum atomic E-state index is -1.15. The van der Waals surface area contributed by atoms with Crippen LogP contribution < -0.4 is 0 Å². The number of hydrogen-bond donors (Lipinski definition) is 3. The van der Waals surface area contributed by atoms with Gasteiger partial charge < -0.3 is 15.3 Å². The second-order valence-corrected chi connectivity index (χ2v) is 5.21. The largest absolute Gasteiger partial charge is 0.508 e. The Morgan fingerprint density at radius 2 is 1.45 bits per heavy atom. The van der Waals surface area contributed by atoms with E-state index in [2.05, 4.69) is 13.2 Å². The van der Waals surface area contributed by atoms with Crippen molar-refractivity contribution in [3.63, 3.8) is 0 Å². The molecular formula is C19H20N2O8. The Hall–Kier alpha value is -4.05. The van der Waals surface area contributed by atoms with E-state index in [1.54, 1.807) is 0 Å². The molecule has 29 heavy (non-hydrogen) atoms. The summed E-state index contributed by atoms with van der Waals surface area (Å²) < 4.78 is 0. The van der Waals surface area contributed by atoms with Gasteiger partial charge >= 0.3 is 0 Å². The number of nitrogens with zero attached hydrogens (tertiary/aromatic N) is 2. The highest BCUT2D eigenvalue weighted by Gasteiger charge is 2.19. The molecule has 154 valence electrons. The number of carbonyl (C=O) groups excluding carboxylic acids is 1. The standard InChI is InChI=1S/C9H9NO4.C9H7NO4.CH4/c2*1-2-9(12)7-5-6(11)3-4-8(7)10(13)14;/h2-5,9,11-12H,1H2;2-5,11H,1H2;1H4. The molecule has 2 aromatic carbocycles. The van der Waals surface area contributed by atoms with Crippen LogP contribution in [0.25, 0.3) is 0 Å². The normalized spacial score (nSPS) is 10.4. The molecular weight excluding hydrogens is 384 g/mol. The van der Waals surface area contributed by atoms with E-state index < -0.39 is 21.7 Å². The van der Waals surface area contributed by atoms with Crippen LogP contribution in [0.5, 0.6) is 11.5 Å². The van der Waals surface area contributed by atoms with Gasteiger partial charge in [-0.3, -0.25) is 25.0 Å². The monoisotopic (exact) mass is 404 g/mol. The molecule has 0 aliphatic heterocycles. The van der Waals surface area contributed by atoms with E-state index in [1.807, 2.05) is 0 Å². The van der Waals surface area contributed by atoms with Crippen LogP contribution in [-0.2, 0) is 0 Å². The van der Waals surface area contributed by atoms with Gasteiger partial charge in [0, 0.05) is 12.1 Å². The number of phenolic OH excluding ortho intramolecular Hbond substituents is 2. The molecule has 2 rings (SSSR count). The van der Waals surface area contributed by atoms with E-state index in [0.717, 1.165) is 42.5 Å². The minimum absolute atomic E-state index is 0. The van der Waals surface area contributed by atoms with Crippen molar-refractivity contribution in [1.29, 1.82) is 0 Å². The van der Waals surface area contributed by atoms with Crippen molar-refractivity contribution in [3.8, 4) is 11.5 Å². The van der Waals surface area contributed by atoms with Gasteiger partial charge in [-0.1, -0.05) is 20.1 Å². The Morgan fingerprint density at radius 3 is 1.90 bits per heavy atom. The zero-order valence-electron chi connectivity index (χ0n) is 14.4. The van der Waals surface area contributed by atoms with Crippen molar-refractivity contribution >= 4 is 17.2 Å². The summed E-state index contributed by atoms with van der Waals surface area (Å²) in [5.41, 5.74) is -0.710. The first-order chi connectivity index (χ1) is 13.1. The summed E-state index contributed by atoms with van der Waals surface area (Å²) in [6.45, 7) is 6.53. The lowest BCUT2D eigenvalue weighted by Crippen LogP contribution is -2.00. The summed E-state index contributed by atoms with van der Waals surface area (Å²) in [6.07, 6.45) is 0.964. The summed E-state index contributed by atoms with van der Waals surface area (Å²) >= 11 is 0. The average Bonchev–Trinajstić information content (AvgIpc) is 2.66. The molecule has 0 bridgehead atoms. The van der Waals surface area contributed by atoms with Gasteiger partial charge in [0.15, 0.2) is 5.78 Å². The van der Waals surface area contributed by atoms with Gasteiger partial charge in [-0.25, -0.2) is 0 Å². The number of allylic oxidation sites excluding steroid dienone is 1. The molecule has 0 saturated carbocycles. The molecule has 0 aliphatic rings. The van der Waals surface area contributed by atoms with E-state index in [9.17, 15) is 30.1 Å². The van der Waals surface area contributed by atoms with Crippen LogP contribution in [0.2, 0.25) is 0 Å². The number of carbonyl (C=O) groups is 1. The van der Waals surface area contributed by atoms with Gasteiger partial charge in [-0.05, 0) is 30.3 Å². The van der Waals surface area contributed by atoms with Crippen LogP contribution in [0.15, 0.2) is 61.7 Å². The predicted molar refractivity (Wildman–Crippen MR) is 106 cm³/mol. The van der Waals surface area contributed by atoms with E-state index in [1.165, 1.54) is 6.07 Å². The summed E-state index contributed by atoms with van der Waals surface area (Å²) in [5.74, 6) is -0.917. The van der Waals surface area contributed by atoms with E-state index >= 15 is 0 Å². The van der Waals surface area contributed by atoms with Crippen LogP contribution in [0.1, 0.15) is 29.5 Å². The third-order valence-corrected chi connectivity index (χ3v) is 3.38. The first-order valence-electron chi connectivity index (χ1n) is 7.54. The van der Waals surface area contributed by atoms with Crippen molar-refractivity contribution in [3.05, 3.63) is 93.1 Å². The molecule has 2 aromatic rings. The average molecular weight is 404 g/mol. The fraction of sp³-hybridized carbons (Fsp3) is 0.105. The topological polar surface area (TPSA) is 164 Å². The highest BCUT2D eigenvalue weighted by molar-refractivity contribution is 6.07. The number of nitro groups is 2. The molecule has 0 aliphatic carbocycles. The molecule has 0 heterocycles. The molecule has 0 aromatic heterocycles. The molecule has 3 N–H and O–H groups in total. The summed E-state index contributed by atoms with van der Waals surface area (Å²) in [6, 6.07) is 6.74. The first-order valence-corrected chi connectivity index (χ1v) is 7.54. The first kappa shape index (κ1) is 24.9. The Morgan fingerprint density at radius 1 is 0.966 bits per heavy atom. The number of aliphatic hydroxyl groups is 1. The van der Waals surface area contributed by atoms with Gasteiger partial charge in [0.25, 0.3) is 11.4 Å². The van der Waals surface area contributed by atoms with Gasteiger partial charge in [0.2, 0.25) is 0 Å². The Balaban J connectivity index is 0.000000523. The van der Waals surface area contributed by atoms with E-state index in [4.69, 9.17) is 10.2 Å². The van der Waals surface area contributed by atoms with Crippen molar-refractivity contribution in [2.24, 2.45) is 0 Å². The second kappa shape index (κ2) is 10.9. The van der Waals surface area contributed by atoms with Crippen LogP contribution >= 0.6 is 0 Å². The quantitative estimate of drug-likeness (QED) is 0.215. The van der Waals surface area contributed by atoms with Crippen molar-refractivity contribution < 1.29 is 30.0 Å². The zero-order chi connectivity index (χ0) is 21.4. The molecule has 0 saturated heterocycles. The number of phenols is 2. The predicted octanol–water partition coefficient (Wildman–Crippen LogP) is 3.83. The van der Waals surface area contributed by atoms with Crippen molar-refractivity contribution in [1.82, 2.24) is 0 Å². The third kappa shape index (κ3) is 6.56.